The smallest absolute Gasteiger partial charge is 0.306 e. The first-order valence-corrected chi connectivity index (χ1v) is 34.7. The van der Waals surface area contributed by atoms with Gasteiger partial charge in [0.2, 0.25) is 0 Å². The molecule has 0 amide bonds. The van der Waals surface area contributed by atoms with Crippen LogP contribution in [0.2, 0.25) is 0 Å². The van der Waals surface area contributed by atoms with E-state index in [2.05, 4.69) is 154 Å². The van der Waals surface area contributed by atoms with Crippen LogP contribution in [0.5, 0.6) is 0 Å². The summed E-state index contributed by atoms with van der Waals surface area (Å²) >= 11 is 0. The van der Waals surface area contributed by atoms with E-state index in [0.29, 0.717) is 19.3 Å². The van der Waals surface area contributed by atoms with Crippen LogP contribution in [-0.4, -0.2) is 37.2 Å². The SMILES string of the molecule is CC/C=C\C/C=C\C/C=C\C/C=C\C/C=C\CCCCCCCCCCCCCCCCCC(=O)OCC(COC(=O)CCCCCCC/C=C\C/C=C\CCCCC)OC(=O)CCCCCCCC/C=C\C/C=C\C/C=C\C/C=C\CC. The number of carbonyl (C=O) groups excluding carboxylic acids is 3. The van der Waals surface area contributed by atoms with Crippen molar-refractivity contribution in [3.05, 3.63) is 134 Å². The van der Waals surface area contributed by atoms with E-state index in [4.69, 9.17) is 14.2 Å². The van der Waals surface area contributed by atoms with Gasteiger partial charge < -0.3 is 14.2 Å². The Morgan fingerprint density at radius 1 is 0.253 bits per heavy atom. The van der Waals surface area contributed by atoms with E-state index in [-0.39, 0.29) is 31.1 Å². The highest BCUT2D eigenvalue weighted by Gasteiger charge is 2.19. The van der Waals surface area contributed by atoms with Crippen molar-refractivity contribution >= 4 is 17.9 Å². The van der Waals surface area contributed by atoms with E-state index >= 15 is 0 Å². The number of esters is 3. The highest BCUT2D eigenvalue weighted by Crippen LogP contribution is 2.16. The zero-order chi connectivity index (χ0) is 59.9. The van der Waals surface area contributed by atoms with Gasteiger partial charge in [-0.1, -0.05) is 296 Å². The van der Waals surface area contributed by atoms with Crippen LogP contribution in [0.3, 0.4) is 0 Å². The van der Waals surface area contributed by atoms with Crippen LogP contribution in [0.25, 0.3) is 0 Å². The number of allylic oxidation sites excluding steroid dienone is 22. The Morgan fingerprint density at radius 2 is 0.470 bits per heavy atom. The standard InChI is InChI=1S/C77H128O6/c1-4-7-10-13-16-19-22-25-28-30-32-33-34-35-36-37-38-39-40-41-42-43-45-46-49-52-55-58-61-64-67-70-76(79)82-73-74(72-81-75(78)69-66-63-60-57-54-51-48-27-24-21-18-15-12-9-6-3)83-77(80)71-68-65-62-59-56-53-50-47-44-31-29-26-23-20-17-14-11-8-5-2/h7-8,10-11,16-21,25-29,32-33,35-36,44,47-48,74H,4-6,9,12-15,22-24,30-31,34,37-43,45-46,49-73H2,1-3H3/b10-7-,11-8-,19-16-,20-17-,21-18-,28-25-,29-26-,33-32-,36-35-,47-44-,48-27-. The van der Waals surface area contributed by atoms with E-state index in [9.17, 15) is 14.4 Å². The summed E-state index contributed by atoms with van der Waals surface area (Å²) in [6.07, 6.45) is 99.0. The summed E-state index contributed by atoms with van der Waals surface area (Å²) in [6, 6.07) is 0. The predicted molar refractivity (Wildman–Crippen MR) is 362 cm³/mol. The fourth-order valence-corrected chi connectivity index (χ4v) is 9.49. The molecule has 0 aromatic heterocycles. The Labute approximate surface area is 513 Å². The lowest BCUT2D eigenvalue weighted by atomic mass is 10.0. The predicted octanol–water partition coefficient (Wildman–Crippen LogP) is 24.1. The Bertz CT molecular complexity index is 1750. The molecule has 0 radical (unpaired) electrons. The van der Waals surface area contributed by atoms with Crippen LogP contribution in [0.15, 0.2) is 134 Å². The third-order valence-electron chi connectivity index (χ3n) is 14.6. The number of unbranched alkanes of at least 4 members (excludes halogenated alkanes) is 29. The third kappa shape index (κ3) is 68.2. The molecule has 1 unspecified atom stereocenters. The first-order valence-electron chi connectivity index (χ1n) is 34.7. The average Bonchev–Trinajstić information content (AvgIpc) is 3.49. The average molecular weight is 1150 g/mol. The summed E-state index contributed by atoms with van der Waals surface area (Å²) in [4.78, 5) is 38.4. The summed E-state index contributed by atoms with van der Waals surface area (Å²) in [5, 5.41) is 0. The molecule has 0 bridgehead atoms. The molecule has 0 rings (SSSR count). The zero-order valence-electron chi connectivity index (χ0n) is 54.2. The molecular formula is C77H128O6. The van der Waals surface area contributed by atoms with Crippen LogP contribution in [0, 0.1) is 0 Å². The summed E-state index contributed by atoms with van der Waals surface area (Å²) in [7, 11) is 0. The molecule has 0 N–H and O–H groups in total. The molecule has 0 aromatic rings. The molecule has 0 fully saturated rings. The number of hydrogen-bond acceptors (Lipinski definition) is 6. The molecule has 0 heterocycles. The molecule has 0 spiro atoms. The van der Waals surface area contributed by atoms with Crippen molar-refractivity contribution in [2.75, 3.05) is 13.2 Å². The highest BCUT2D eigenvalue weighted by atomic mass is 16.6. The van der Waals surface area contributed by atoms with Gasteiger partial charge in [-0.2, -0.15) is 0 Å². The quantitative estimate of drug-likeness (QED) is 0.0261. The second-order valence-corrected chi connectivity index (χ2v) is 22.7. The Kier molecular flexibility index (Phi) is 66.3. The monoisotopic (exact) mass is 1150 g/mol. The van der Waals surface area contributed by atoms with Crippen LogP contribution in [0.1, 0.15) is 316 Å². The Hall–Kier alpha value is -4.45. The maximum absolute atomic E-state index is 12.9. The van der Waals surface area contributed by atoms with E-state index in [1.54, 1.807) is 0 Å². The maximum atomic E-state index is 12.9. The van der Waals surface area contributed by atoms with Crippen molar-refractivity contribution in [1.82, 2.24) is 0 Å². The van der Waals surface area contributed by atoms with Crippen molar-refractivity contribution < 1.29 is 28.6 Å². The largest absolute Gasteiger partial charge is 0.462 e. The van der Waals surface area contributed by atoms with Crippen molar-refractivity contribution in [2.45, 2.75) is 322 Å². The Morgan fingerprint density at radius 3 is 0.735 bits per heavy atom. The Balaban J connectivity index is 4.30. The van der Waals surface area contributed by atoms with Crippen molar-refractivity contribution in [3.8, 4) is 0 Å². The minimum Gasteiger partial charge on any atom is -0.462 e. The molecule has 0 aromatic carbocycles. The summed E-state index contributed by atoms with van der Waals surface area (Å²) in [5.74, 6) is -0.911. The third-order valence-corrected chi connectivity index (χ3v) is 14.6. The van der Waals surface area contributed by atoms with Gasteiger partial charge in [0.15, 0.2) is 6.10 Å². The fraction of sp³-hybridized carbons (Fsp3) is 0.675. The highest BCUT2D eigenvalue weighted by molar-refractivity contribution is 5.71. The summed E-state index contributed by atoms with van der Waals surface area (Å²) in [5.41, 5.74) is 0. The maximum Gasteiger partial charge on any atom is 0.306 e. The van der Waals surface area contributed by atoms with Gasteiger partial charge in [-0.25, -0.2) is 0 Å². The molecule has 472 valence electrons. The van der Waals surface area contributed by atoms with E-state index in [1.165, 1.54) is 122 Å². The van der Waals surface area contributed by atoms with E-state index in [1.807, 2.05) is 0 Å². The van der Waals surface area contributed by atoms with Gasteiger partial charge in [-0.05, 0) is 135 Å². The van der Waals surface area contributed by atoms with E-state index in [0.717, 1.165) is 154 Å². The molecule has 6 heteroatoms. The number of carbonyl (C=O) groups is 3. The van der Waals surface area contributed by atoms with Crippen LogP contribution in [-0.2, 0) is 28.6 Å². The van der Waals surface area contributed by atoms with E-state index < -0.39 is 6.10 Å². The number of ether oxygens (including phenoxy) is 3. The first-order chi connectivity index (χ1) is 41.0. The lowest BCUT2D eigenvalue weighted by Gasteiger charge is -2.18. The second-order valence-electron chi connectivity index (χ2n) is 22.7. The van der Waals surface area contributed by atoms with Gasteiger partial charge >= 0.3 is 17.9 Å². The zero-order valence-corrected chi connectivity index (χ0v) is 54.2. The molecule has 83 heavy (non-hydrogen) atoms. The summed E-state index contributed by atoms with van der Waals surface area (Å²) < 4.78 is 17.0. The van der Waals surface area contributed by atoms with Crippen LogP contribution >= 0.6 is 0 Å². The van der Waals surface area contributed by atoms with Crippen LogP contribution in [0.4, 0.5) is 0 Å². The van der Waals surface area contributed by atoms with Crippen molar-refractivity contribution in [1.29, 1.82) is 0 Å². The first kappa shape index (κ1) is 78.5. The van der Waals surface area contributed by atoms with Gasteiger partial charge in [-0.3, -0.25) is 14.4 Å². The topological polar surface area (TPSA) is 78.9 Å². The molecule has 0 aliphatic carbocycles. The van der Waals surface area contributed by atoms with Crippen molar-refractivity contribution in [3.63, 3.8) is 0 Å². The minimum atomic E-state index is -0.797. The molecule has 0 aliphatic rings. The second kappa shape index (κ2) is 70.0. The van der Waals surface area contributed by atoms with Gasteiger partial charge in [0.25, 0.3) is 0 Å². The molecule has 0 saturated carbocycles. The molecule has 1 atom stereocenters. The molecule has 0 saturated heterocycles. The number of hydrogen-bond donors (Lipinski definition) is 0. The van der Waals surface area contributed by atoms with Gasteiger partial charge in [0, 0.05) is 19.3 Å². The van der Waals surface area contributed by atoms with Crippen molar-refractivity contribution in [2.24, 2.45) is 0 Å². The minimum absolute atomic E-state index is 0.0900. The normalized spacial score (nSPS) is 13.0. The van der Waals surface area contributed by atoms with Gasteiger partial charge in [-0.15, -0.1) is 0 Å². The number of rotatable bonds is 62. The van der Waals surface area contributed by atoms with Gasteiger partial charge in [0.05, 0.1) is 0 Å². The summed E-state index contributed by atoms with van der Waals surface area (Å²) in [6.45, 7) is 6.39. The molecule has 0 aliphatic heterocycles. The van der Waals surface area contributed by atoms with Crippen LogP contribution < -0.4 is 0 Å². The fourth-order valence-electron chi connectivity index (χ4n) is 9.49. The molecule has 6 nitrogen and oxygen atoms in total. The molecular weight excluding hydrogens is 1020 g/mol. The lowest BCUT2D eigenvalue weighted by molar-refractivity contribution is -0.167. The van der Waals surface area contributed by atoms with Gasteiger partial charge in [0.1, 0.15) is 13.2 Å². The lowest BCUT2D eigenvalue weighted by Crippen LogP contribution is -2.30.